The van der Waals surface area contributed by atoms with Gasteiger partial charge in [-0.05, 0) is 26.8 Å². The number of ketones is 1. The van der Waals surface area contributed by atoms with Gasteiger partial charge in [0.25, 0.3) is 0 Å². The standard InChI is InChI=1S/C12H14O.C2H6.CH4.Y/c1-9(2)8-12(13)11-6-4-10(3)5-7-11;1-2;;/h4-8H,1-3H3;1-2H3;1H4;. The zero-order valence-corrected chi connectivity index (χ0v) is 13.7. The summed E-state index contributed by atoms with van der Waals surface area (Å²) in [6.45, 7) is 9.85. The van der Waals surface area contributed by atoms with Crippen LogP contribution in [0.3, 0.4) is 0 Å². The molecule has 0 aliphatic carbocycles. The van der Waals surface area contributed by atoms with Crippen molar-refractivity contribution in [2.24, 2.45) is 0 Å². The fraction of sp³-hybridized carbons (Fsp3) is 0.400. The van der Waals surface area contributed by atoms with Crippen molar-refractivity contribution in [1.82, 2.24) is 0 Å². The van der Waals surface area contributed by atoms with Crippen LogP contribution in [0.25, 0.3) is 0 Å². The van der Waals surface area contributed by atoms with Crippen LogP contribution in [0.2, 0.25) is 0 Å². The molecule has 0 aromatic heterocycles. The van der Waals surface area contributed by atoms with Gasteiger partial charge < -0.3 is 0 Å². The maximum absolute atomic E-state index is 11.5. The Hall–Kier alpha value is -0.266. The van der Waals surface area contributed by atoms with Gasteiger partial charge in [-0.15, -0.1) is 0 Å². The van der Waals surface area contributed by atoms with Gasteiger partial charge in [-0.1, -0.05) is 56.7 Å². The van der Waals surface area contributed by atoms with E-state index in [4.69, 9.17) is 0 Å². The van der Waals surface area contributed by atoms with E-state index < -0.39 is 0 Å². The predicted molar refractivity (Wildman–Crippen MR) is 73.0 cm³/mol. The average molecular weight is 309 g/mol. The molecule has 0 unspecified atom stereocenters. The normalized spacial score (nSPS) is 7.59. The third-order valence-corrected chi connectivity index (χ3v) is 1.76. The third-order valence-electron chi connectivity index (χ3n) is 1.76. The Bertz CT molecular complexity index is 332. The molecular formula is C15H24OY. The molecule has 0 aliphatic rings. The minimum atomic E-state index is 0. The van der Waals surface area contributed by atoms with Gasteiger partial charge in [0.2, 0.25) is 0 Å². The Kier molecular flexibility index (Phi) is 15.8. The summed E-state index contributed by atoms with van der Waals surface area (Å²) in [7, 11) is 0. The fourth-order valence-corrected chi connectivity index (χ4v) is 1.06. The number of hydrogen-bond acceptors (Lipinski definition) is 1. The molecule has 0 amide bonds. The summed E-state index contributed by atoms with van der Waals surface area (Å²) in [5.41, 5.74) is 2.96. The Morgan fingerprint density at radius 1 is 1.06 bits per heavy atom. The van der Waals surface area contributed by atoms with E-state index in [0.717, 1.165) is 11.1 Å². The molecule has 1 radical (unpaired) electrons. The van der Waals surface area contributed by atoms with Gasteiger partial charge in [-0.25, -0.2) is 0 Å². The molecule has 0 aliphatic heterocycles. The molecule has 0 atom stereocenters. The molecule has 0 bridgehead atoms. The van der Waals surface area contributed by atoms with Crippen molar-refractivity contribution in [3.05, 3.63) is 47.0 Å². The number of benzene rings is 1. The van der Waals surface area contributed by atoms with Gasteiger partial charge in [0.05, 0.1) is 0 Å². The Balaban J connectivity index is -0.000000464. The number of carbonyl (C=O) groups excluding carboxylic acids is 1. The van der Waals surface area contributed by atoms with Crippen LogP contribution in [0.1, 0.15) is 51.0 Å². The van der Waals surface area contributed by atoms with Crippen LogP contribution in [0.15, 0.2) is 35.9 Å². The number of carbonyl (C=O) groups is 1. The minimum Gasteiger partial charge on any atom is -0.289 e. The topological polar surface area (TPSA) is 17.1 Å². The number of rotatable bonds is 2. The van der Waals surface area contributed by atoms with Gasteiger partial charge in [-0.3, -0.25) is 4.79 Å². The summed E-state index contributed by atoms with van der Waals surface area (Å²) in [6.07, 6.45) is 1.66. The molecule has 1 nitrogen and oxygen atoms in total. The smallest absolute Gasteiger partial charge is 0.185 e. The van der Waals surface area contributed by atoms with Crippen molar-refractivity contribution in [1.29, 1.82) is 0 Å². The molecule has 0 saturated heterocycles. The average Bonchev–Trinajstić information content (AvgIpc) is 2.20. The van der Waals surface area contributed by atoms with Crippen molar-refractivity contribution in [3.63, 3.8) is 0 Å². The zero-order valence-electron chi connectivity index (χ0n) is 10.9. The maximum Gasteiger partial charge on any atom is 0.185 e. The van der Waals surface area contributed by atoms with E-state index >= 15 is 0 Å². The van der Waals surface area contributed by atoms with E-state index in [1.165, 1.54) is 5.56 Å². The second-order valence-electron chi connectivity index (χ2n) is 3.45. The molecular weight excluding hydrogens is 285 g/mol. The molecule has 1 rings (SSSR count). The zero-order chi connectivity index (χ0) is 11.8. The monoisotopic (exact) mass is 309 g/mol. The summed E-state index contributed by atoms with van der Waals surface area (Å²) in [5.74, 6) is 0.0833. The predicted octanol–water partition coefficient (Wildman–Crippen LogP) is 4.80. The summed E-state index contributed by atoms with van der Waals surface area (Å²) >= 11 is 0. The summed E-state index contributed by atoms with van der Waals surface area (Å²) < 4.78 is 0. The van der Waals surface area contributed by atoms with Gasteiger partial charge in [0.15, 0.2) is 5.78 Å². The van der Waals surface area contributed by atoms with Crippen molar-refractivity contribution in [2.45, 2.75) is 42.0 Å². The van der Waals surface area contributed by atoms with Crippen molar-refractivity contribution >= 4 is 5.78 Å². The van der Waals surface area contributed by atoms with Crippen molar-refractivity contribution in [3.8, 4) is 0 Å². The second kappa shape index (κ2) is 12.2. The largest absolute Gasteiger partial charge is 0.289 e. The molecule has 2 heteroatoms. The number of allylic oxidation sites excluding steroid dienone is 2. The van der Waals surface area contributed by atoms with E-state index in [1.807, 2.05) is 58.9 Å². The molecule has 93 valence electrons. The first-order valence-electron chi connectivity index (χ1n) is 5.35. The first-order chi connectivity index (χ1) is 7.09. The second-order valence-corrected chi connectivity index (χ2v) is 3.45. The van der Waals surface area contributed by atoms with Crippen LogP contribution < -0.4 is 0 Å². The van der Waals surface area contributed by atoms with Crippen LogP contribution in [-0.4, -0.2) is 5.78 Å². The molecule has 0 N–H and O–H groups in total. The first-order valence-corrected chi connectivity index (χ1v) is 5.35. The summed E-state index contributed by atoms with van der Waals surface area (Å²) in [6, 6.07) is 7.62. The molecule has 17 heavy (non-hydrogen) atoms. The van der Waals surface area contributed by atoms with Crippen LogP contribution in [0.4, 0.5) is 0 Å². The molecule has 0 saturated carbocycles. The summed E-state index contributed by atoms with van der Waals surface area (Å²) in [4.78, 5) is 11.5. The SMILES string of the molecule is C.CC.CC(C)=CC(=O)c1ccc(C)cc1.[Y]. The molecule has 0 spiro atoms. The Morgan fingerprint density at radius 2 is 1.47 bits per heavy atom. The van der Waals surface area contributed by atoms with E-state index in [2.05, 4.69) is 0 Å². The Labute approximate surface area is 132 Å². The number of hydrogen-bond donors (Lipinski definition) is 0. The van der Waals surface area contributed by atoms with E-state index in [0.29, 0.717) is 0 Å². The van der Waals surface area contributed by atoms with Gasteiger partial charge >= 0.3 is 0 Å². The molecule has 1 aromatic rings. The fourth-order valence-electron chi connectivity index (χ4n) is 1.06. The van der Waals surface area contributed by atoms with Gasteiger partial charge in [0.1, 0.15) is 0 Å². The van der Waals surface area contributed by atoms with E-state index in [-0.39, 0.29) is 45.9 Å². The number of aryl methyl sites for hydroxylation is 1. The molecule has 0 fully saturated rings. The van der Waals surface area contributed by atoms with E-state index in [9.17, 15) is 4.79 Å². The van der Waals surface area contributed by atoms with Crippen LogP contribution in [0.5, 0.6) is 0 Å². The van der Waals surface area contributed by atoms with Crippen LogP contribution in [-0.2, 0) is 32.7 Å². The maximum atomic E-state index is 11.5. The van der Waals surface area contributed by atoms with Crippen molar-refractivity contribution < 1.29 is 37.5 Å². The summed E-state index contributed by atoms with van der Waals surface area (Å²) in [5, 5.41) is 0. The van der Waals surface area contributed by atoms with Crippen molar-refractivity contribution in [2.75, 3.05) is 0 Å². The third kappa shape index (κ3) is 9.44. The minimum absolute atomic E-state index is 0. The molecule has 1 aromatic carbocycles. The first kappa shape index (κ1) is 22.0. The van der Waals surface area contributed by atoms with Crippen LogP contribution in [0, 0.1) is 6.92 Å². The van der Waals surface area contributed by atoms with Gasteiger partial charge in [-0.2, -0.15) is 0 Å². The quantitative estimate of drug-likeness (QED) is 0.566. The Morgan fingerprint density at radius 3 is 1.82 bits per heavy atom. The van der Waals surface area contributed by atoms with Crippen LogP contribution >= 0.6 is 0 Å². The van der Waals surface area contributed by atoms with Gasteiger partial charge in [0, 0.05) is 38.3 Å². The molecule has 0 heterocycles. The van der Waals surface area contributed by atoms with E-state index in [1.54, 1.807) is 6.08 Å².